The van der Waals surface area contributed by atoms with Crippen LogP contribution in [0.4, 0.5) is 10.1 Å². The number of halogens is 1. The van der Waals surface area contributed by atoms with Gasteiger partial charge in [-0.25, -0.2) is 4.39 Å². The molecule has 5 heteroatoms. The zero-order valence-electron chi connectivity index (χ0n) is 7.04. The van der Waals surface area contributed by atoms with Crippen LogP contribution in [0.3, 0.4) is 0 Å². The lowest BCUT2D eigenvalue weighted by molar-refractivity contribution is -0.118. The van der Waals surface area contributed by atoms with Gasteiger partial charge in [0.1, 0.15) is 11.6 Å². The van der Waals surface area contributed by atoms with E-state index in [4.69, 9.17) is 4.74 Å². The third-order valence-corrected chi connectivity index (χ3v) is 1.86. The van der Waals surface area contributed by atoms with Gasteiger partial charge in [0.2, 0.25) is 0 Å². The molecular formula is C9H6FNO3. The molecule has 0 spiro atoms. The van der Waals surface area contributed by atoms with Crippen LogP contribution in [-0.4, -0.2) is 18.8 Å². The number of fused-ring (bicyclic) bond motifs is 1. The Morgan fingerprint density at radius 1 is 1.50 bits per heavy atom. The van der Waals surface area contributed by atoms with Crippen molar-refractivity contribution < 1.29 is 18.7 Å². The van der Waals surface area contributed by atoms with E-state index in [1.165, 1.54) is 6.07 Å². The van der Waals surface area contributed by atoms with Gasteiger partial charge in [-0.2, -0.15) is 0 Å². The second kappa shape index (κ2) is 3.10. The number of carbonyl (C=O) groups excluding carboxylic acids is 2. The van der Waals surface area contributed by atoms with Gasteiger partial charge >= 0.3 is 0 Å². The molecule has 1 aliphatic heterocycles. The lowest BCUT2D eigenvalue weighted by atomic mass is 10.1. The molecule has 0 radical (unpaired) electrons. The highest BCUT2D eigenvalue weighted by Crippen LogP contribution is 2.29. The summed E-state index contributed by atoms with van der Waals surface area (Å²) in [5, 5.41) is 2.47. The molecule has 0 atom stereocenters. The maximum Gasteiger partial charge on any atom is 0.262 e. The maximum atomic E-state index is 13.1. The lowest BCUT2D eigenvalue weighted by Crippen LogP contribution is -2.25. The molecule has 72 valence electrons. The Morgan fingerprint density at radius 3 is 3.00 bits per heavy atom. The number of carbonyl (C=O) groups is 2. The molecule has 1 N–H and O–H groups in total. The monoisotopic (exact) mass is 195 g/mol. The number of benzene rings is 1. The van der Waals surface area contributed by atoms with Crippen molar-refractivity contribution in [2.24, 2.45) is 0 Å². The van der Waals surface area contributed by atoms with Crippen molar-refractivity contribution in [2.75, 3.05) is 11.9 Å². The van der Waals surface area contributed by atoms with Gasteiger partial charge in [-0.05, 0) is 6.07 Å². The minimum absolute atomic E-state index is 0.102. The third kappa shape index (κ3) is 1.32. The largest absolute Gasteiger partial charge is 0.481 e. The fraction of sp³-hybridized carbons (Fsp3) is 0.111. The van der Waals surface area contributed by atoms with Crippen molar-refractivity contribution in [3.8, 4) is 5.75 Å². The van der Waals surface area contributed by atoms with Crippen molar-refractivity contribution in [3.63, 3.8) is 0 Å². The standard InChI is InChI=1S/C9H6FNO3/c10-6-2-8-7(1-5(6)3-12)11-9(13)4-14-8/h1-3H,4H2,(H,11,13). The van der Waals surface area contributed by atoms with E-state index >= 15 is 0 Å². The van der Waals surface area contributed by atoms with Crippen molar-refractivity contribution in [2.45, 2.75) is 0 Å². The molecule has 2 rings (SSSR count). The number of amides is 1. The van der Waals surface area contributed by atoms with Gasteiger partial charge in [-0.15, -0.1) is 0 Å². The zero-order chi connectivity index (χ0) is 10.1. The zero-order valence-corrected chi connectivity index (χ0v) is 7.04. The van der Waals surface area contributed by atoms with Crippen molar-refractivity contribution in [1.82, 2.24) is 0 Å². The molecule has 14 heavy (non-hydrogen) atoms. The number of aldehydes is 1. The van der Waals surface area contributed by atoms with E-state index in [2.05, 4.69) is 5.32 Å². The summed E-state index contributed by atoms with van der Waals surface area (Å²) in [5.74, 6) is -0.733. The highest BCUT2D eigenvalue weighted by Gasteiger charge is 2.18. The summed E-state index contributed by atoms with van der Waals surface area (Å²) in [6.45, 7) is -0.132. The average Bonchev–Trinajstić information content (AvgIpc) is 2.17. The first-order valence-electron chi connectivity index (χ1n) is 3.92. The van der Waals surface area contributed by atoms with E-state index in [0.717, 1.165) is 6.07 Å². The summed E-state index contributed by atoms with van der Waals surface area (Å²) in [6.07, 6.45) is 0.385. The summed E-state index contributed by atoms with van der Waals surface area (Å²) >= 11 is 0. The molecule has 1 heterocycles. The number of hydrogen-bond acceptors (Lipinski definition) is 3. The molecule has 0 unspecified atom stereocenters. The SMILES string of the molecule is O=Cc1cc2c(cc1F)OCC(=O)N2. The molecule has 0 fully saturated rings. The molecule has 1 aliphatic rings. The van der Waals surface area contributed by atoms with Crippen molar-refractivity contribution in [3.05, 3.63) is 23.5 Å². The number of rotatable bonds is 1. The second-order valence-electron chi connectivity index (χ2n) is 2.82. The van der Waals surface area contributed by atoms with Crippen LogP contribution in [-0.2, 0) is 4.79 Å². The van der Waals surface area contributed by atoms with E-state index < -0.39 is 5.82 Å². The molecule has 0 aromatic heterocycles. The molecule has 0 saturated carbocycles. The van der Waals surface area contributed by atoms with Crippen LogP contribution in [0.15, 0.2) is 12.1 Å². The number of ether oxygens (including phenoxy) is 1. The molecule has 4 nitrogen and oxygen atoms in total. The van der Waals surface area contributed by atoms with Gasteiger partial charge in [0.05, 0.1) is 11.3 Å². The Labute approximate surface area is 78.7 Å². The van der Waals surface area contributed by atoms with Crippen LogP contribution in [0.2, 0.25) is 0 Å². The van der Waals surface area contributed by atoms with Crippen molar-refractivity contribution in [1.29, 1.82) is 0 Å². The first kappa shape index (κ1) is 8.68. The molecule has 0 aliphatic carbocycles. The van der Waals surface area contributed by atoms with E-state index in [9.17, 15) is 14.0 Å². The van der Waals surface area contributed by atoms with Gasteiger partial charge in [-0.1, -0.05) is 0 Å². The summed E-state index contributed by atoms with van der Waals surface area (Å²) in [4.78, 5) is 21.3. The third-order valence-electron chi connectivity index (χ3n) is 1.86. The predicted octanol–water partition coefficient (Wildman–Crippen LogP) is 0.969. The molecular weight excluding hydrogens is 189 g/mol. The number of nitrogens with one attached hydrogen (secondary N) is 1. The topological polar surface area (TPSA) is 55.4 Å². The normalized spacial score (nSPS) is 13.9. The van der Waals surface area contributed by atoms with E-state index in [1.807, 2.05) is 0 Å². The van der Waals surface area contributed by atoms with Gasteiger partial charge in [0.15, 0.2) is 12.9 Å². The second-order valence-corrected chi connectivity index (χ2v) is 2.82. The van der Waals surface area contributed by atoms with E-state index in [1.54, 1.807) is 0 Å². The highest BCUT2D eigenvalue weighted by atomic mass is 19.1. The van der Waals surface area contributed by atoms with Gasteiger partial charge < -0.3 is 10.1 Å². The molecule has 0 bridgehead atoms. The number of hydrogen-bond donors (Lipinski definition) is 1. The summed E-state index contributed by atoms with van der Waals surface area (Å²) in [5.41, 5.74) is 0.222. The fourth-order valence-corrected chi connectivity index (χ4v) is 1.21. The fourth-order valence-electron chi connectivity index (χ4n) is 1.21. The molecule has 1 aromatic rings. The van der Waals surface area contributed by atoms with Crippen LogP contribution >= 0.6 is 0 Å². The molecule has 0 saturated heterocycles. The Balaban J connectivity index is 2.51. The van der Waals surface area contributed by atoms with Gasteiger partial charge in [-0.3, -0.25) is 9.59 Å². The summed E-state index contributed by atoms with van der Waals surface area (Å²) in [6, 6.07) is 2.33. The van der Waals surface area contributed by atoms with Crippen LogP contribution in [0.25, 0.3) is 0 Å². The molecule has 1 amide bonds. The average molecular weight is 195 g/mol. The van der Waals surface area contributed by atoms with E-state index in [-0.39, 0.29) is 23.8 Å². The minimum atomic E-state index is -0.658. The summed E-state index contributed by atoms with van der Waals surface area (Å²) in [7, 11) is 0. The van der Waals surface area contributed by atoms with Crippen LogP contribution < -0.4 is 10.1 Å². The lowest BCUT2D eigenvalue weighted by Gasteiger charge is -2.17. The Morgan fingerprint density at radius 2 is 2.29 bits per heavy atom. The number of anilines is 1. The van der Waals surface area contributed by atoms with Crippen molar-refractivity contribution >= 4 is 17.9 Å². The first-order valence-corrected chi connectivity index (χ1v) is 3.92. The van der Waals surface area contributed by atoms with Crippen LogP contribution in [0.1, 0.15) is 10.4 Å². The van der Waals surface area contributed by atoms with Crippen LogP contribution in [0, 0.1) is 5.82 Å². The molecule has 1 aromatic carbocycles. The van der Waals surface area contributed by atoms with Gasteiger partial charge in [0, 0.05) is 6.07 Å². The predicted molar refractivity (Wildman–Crippen MR) is 45.9 cm³/mol. The first-order chi connectivity index (χ1) is 6.70. The highest BCUT2D eigenvalue weighted by molar-refractivity contribution is 5.96. The minimum Gasteiger partial charge on any atom is -0.481 e. The smallest absolute Gasteiger partial charge is 0.262 e. The summed E-state index contributed by atoms with van der Waals surface area (Å²) < 4.78 is 18.0. The quantitative estimate of drug-likeness (QED) is 0.679. The Bertz CT molecular complexity index is 417. The van der Waals surface area contributed by atoms with Gasteiger partial charge in [0.25, 0.3) is 5.91 Å². The van der Waals surface area contributed by atoms with E-state index in [0.29, 0.717) is 12.0 Å². The van der Waals surface area contributed by atoms with Crippen LogP contribution in [0.5, 0.6) is 5.75 Å². The Kier molecular flexibility index (Phi) is 1.92. The Hall–Kier alpha value is -1.91. The maximum absolute atomic E-state index is 13.1.